The Hall–Kier alpha value is -2.14. The van der Waals surface area contributed by atoms with Crippen molar-refractivity contribution in [2.45, 2.75) is 51.7 Å². The van der Waals surface area contributed by atoms with Crippen molar-refractivity contribution in [1.29, 1.82) is 0 Å². The van der Waals surface area contributed by atoms with E-state index >= 15 is 0 Å². The normalized spacial score (nSPS) is 23.7. The molecule has 1 aliphatic carbocycles. The molecule has 2 unspecified atom stereocenters. The Morgan fingerprint density at radius 2 is 1.84 bits per heavy atom. The van der Waals surface area contributed by atoms with Crippen LogP contribution in [0.5, 0.6) is 0 Å². The first-order chi connectivity index (χ1) is 12.0. The molecule has 0 N–H and O–H groups in total. The van der Waals surface area contributed by atoms with Crippen LogP contribution in [0.25, 0.3) is 5.69 Å². The first-order valence-corrected chi connectivity index (χ1v) is 9.13. The minimum atomic E-state index is 0.0727. The van der Waals surface area contributed by atoms with Crippen molar-refractivity contribution < 1.29 is 9.53 Å². The Morgan fingerprint density at radius 3 is 2.48 bits per heavy atom. The number of hydrogen-bond acceptors (Lipinski definition) is 3. The lowest BCUT2D eigenvalue weighted by Gasteiger charge is -2.35. The molecule has 5 nitrogen and oxygen atoms in total. The van der Waals surface area contributed by atoms with Crippen LogP contribution in [0.4, 0.5) is 0 Å². The number of morpholine rings is 1. The summed E-state index contributed by atoms with van der Waals surface area (Å²) in [7, 11) is 0. The number of carbonyl (C=O) groups excluding carboxylic acids is 1. The first kappa shape index (κ1) is 16.3. The van der Waals surface area contributed by atoms with Gasteiger partial charge >= 0.3 is 0 Å². The minimum Gasteiger partial charge on any atom is -0.372 e. The minimum absolute atomic E-state index is 0.0727. The molecule has 2 aliphatic rings. The van der Waals surface area contributed by atoms with Gasteiger partial charge in [0.2, 0.25) is 0 Å². The molecule has 1 saturated heterocycles. The highest BCUT2D eigenvalue weighted by Crippen LogP contribution is 2.43. The zero-order valence-corrected chi connectivity index (χ0v) is 15.1. The molecule has 1 aliphatic heterocycles. The summed E-state index contributed by atoms with van der Waals surface area (Å²) >= 11 is 0. The van der Waals surface area contributed by atoms with E-state index in [1.54, 1.807) is 6.20 Å². The van der Waals surface area contributed by atoms with Gasteiger partial charge in [-0.3, -0.25) is 4.79 Å². The van der Waals surface area contributed by atoms with Gasteiger partial charge in [0.05, 0.1) is 35.3 Å². The van der Waals surface area contributed by atoms with Gasteiger partial charge in [0.1, 0.15) is 0 Å². The topological polar surface area (TPSA) is 47.4 Å². The molecule has 2 fully saturated rings. The van der Waals surface area contributed by atoms with Crippen LogP contribution in [0, 0.1) is 6.92 Å². The van der Waals surface area contributed by atoms with Gasteiger partial charge < -0.3 is 9.64 Å². The molecular weight excluding hydrogens is 314 g/mol. The van der Waals surface area contributed by atoms with E-state index in [0.717, 1.165) is 29.8 Å². The largest absolute Gasteiger partial charge is 0.372 e. The summed E-state index contributed by atoms with van der Waals surface area (Å²) < 4.78 is 7.75. The molecule has 0 radical (unpaired) electrons. The monoisotopic (exact) mass is 339 g/mol. The lowest BCUT2D eigenvalue weighted by molar-refractivity contribution is -0.0586. The quantitative estimate of drug-likeness (QED) is 0.862. The SMILES string of the molecule is Cc1ccccc1-n1ncc(C(=O)N2CC(C)OC(C)C2)c1C1CC1. The van der Waals surface area contributed by atoms with Crippen LogP contribution >= 0.6 is 0 Å². The molecule has 132 valence electrons. The summed E-state index contributed by atoms with van der Waals surface area (Å²) in [5.74, 6) is 0.528. The highest BCUT2D eigenvalue weighted by molar-refractivity contribution is 5.95. The maximum absolute atomic E-state index is 13.2. The van der Waals surface area contributed by atoms with Crippen LogP contribution in [-0.4, -0.2) is 45.9 Å². The van der Waals surface area contributed by atoms with Crippen molar-refractivity contribution in [3.05, 3.63) is 47.3 Å². The number of nitrogens with zero attached hydrogens (tertiary/aromatic N) is 3. The van der Waals surface area contributed by atoms with Crippen molar-refractivity contribution >= 4 is 5.91 Å². The fraction of sp³-hybridized carbons (Fsp3) is 0.500. The Labute approximate surface area is 148 Å². The second kappa shape index (κ2) is 6.30. The second-order valence-corrected chi connectivity index (χ2v) is 7.38. The van der Waals surface area contributed by atoms with Gasteiger partial charge in [0, 0.05) is 19.0 Å². The average Bonchev–Trinajstić information content (AvgIpc) is 3.32. The summed E-state index contributed by atoms with van der Waals surface area (Å²) in [6.07, 6.45) is 4.17. The van der Waals surface area contributed by atoms with E-state index < -0.39 is 0 Å². The lowest BCUT2D eigenvalue weighted by Crippen LogP contribution is -2.48. The Bertz CT molecular complexity index is 784. The number of benzene rings is 1. The van der Waals surface area contributed by atoms with Gasteiger partial charge in [-0.25, -0.2) is 4.68 Å². The van der Waals surface area contributed by atoms with E-state index in [2.05, 4.69) is 24.2 Å². The maximum Gasteiger partial charge on any atom is 0.257 e. The first-order valence-electron chi connectivity index (χ1n) is 9.13. The highest BCUT2D eigenvalue weighted by atomic mass is 16.5. The van der Waals surface area contributed by atoms with E-state index in [1.165, 1.54) is 5.56 Å². The third-order valence-electron chi connectivity index (χ3n) is 5.05. The van der Waals surface area contributed by atoms with Crippen LogP contribution < -0.4 is 0 Å². The third kappa shape index (κ3) is 3.09. The Kier molecular flexibility index (Phi) is 4.12. The van der Waals surface area contributed by atoms with Gasteiger partial charge in [-0.2, -0.15) is 5.10 Å². The predicted octanol–water partition coefficient (Wildman–Crippen LogP) is 3.31. The fourth-order valence-corrected chi connectivity index (χ4v) is 3.78. The number of aromatic nitrogens is 2. The molecule has 25 heavy (non-hydrogen) atoms. The van der Waals surface area contributed by atoms with Gasteiger partial charge in [0.25, 0.3) is 5.91 Å². The van der Waals surface area contributed by atoms with Crippen molar-refractivity contribution in [3.63, 3.8) is 0 Å². The molecule has 5 heteroatoms. The van der Waals surface area contributed by atoms with Crippen LogP contribution in [-0.2, 0) is 4.74 Å². The molecule has 0 bridgehead atoms. The summed E-state index contributed by atoms with van der Waals surface area (Å²) in [6, 6.07) is 8.21. The Morgan fingerprint density at radius 1 is 1.16 bits per heavy atom. The van der Waals surface area contributed by atoms with Crippen molar-refractivity contribution in [1.82, 2.24) is 14.7 Å². The second-order valence-electron chi connectivity index (χ2n) is 7.38. The number of carbonyl (C=O) groups is 1. The Balaban J connectivity index is 1.71. The fourth-order valence-electron chi connectivity index (χ4n) is 3.78. The van der Waals surface area contributed by atoms with Gasteiger partial charge in [-0.1, -0.05) is 18.2 Å². The number of ether oxygens (including phenoxy) is 1. The zero-order valence-electron chi connectivity index (χ0n) is 15.1. The molecule has 4 rings (SSSR count). The van der Waals surface area contributed by atoms with Crippen LogP contribution in [0.15, 0.2) is 30.5 Å². The molecule has 1 amide bonds. The maximum atomic E-state index is 13.2. The van der Waals surface area contributed by atoms with Crippen molar-refractivity contribution in [3.8, 4) is 5.69 Å². The average molecular weight is 339 g/mol. The molecule has 1 saturated carbocycles. The molecule has 0 spiro atoms. The predicted molar refractivity (Wildman–Crippen MR) is 96.2 cm³/mol. The van der Waals surface area contributed by atoms with Crippen LogP contribution in [0.2, 0.25) is 0 Å². The van der Waals surface area contributed by atoms with E-state index in [9.17, 15) is 4.79 Å². The summed E-state index contributed by atoms with van der Waals surface area (Å²) in [6.45, 7) is 7.41. The molecule has 2 heterocycles. The molecule has 2 atom stereocenters. The molecule has 1 aromatic heterocycles. The van der Waals surface area contributed by atoms with E-state index in [1.807, 2.05) is 35.6 Å². The number of rotatable bonds is 3. The number of aryl methyl sites for hydroxylation is 1. The number of amides is 1. The van der Waals surface area contributed by atoms with E-state index in [-0.39, 0.29) is 18.1 Å². The smallest absolute Gasteiger partial charge is 0.257 e. The number of para-hydroxylation sites is 1. The van der Waals surface area contributed by atoms with Crippen LogP contribution in [0.1, 0.15) is 54.2 Å². The van der Waals surface area contributed by atoms with Crippen LogP contribution in [0.3, 0.4) is 0 Å². The third-order valence-corrected chi connectivity index (χ3v) is 5.05. The van der Waals surface area contributed by atoms with Gasteiger partial charge in [-0.15, -0.1) is 0 Å². The van der Waals surface area contributed by atoms with Crippen molar-refractivity contribution in [2.75, 3.05) is 13.1 Å². The summed E-state index contributed by atoms with van der Waals surface area (Å²) in [5.41, 5.74) is 4.06. The van der Waals surface area contributed by atoms with Gasteiger partial charge in [-0.05, 0) is 45.2 Å². The molecule has 1 aromatic carbocycles. The van der Waals surface area contributed by atoms with Crippen molar-refractivity contribution in [2.24, 2.45) is 0 Å². The molecular formula is C20H25N3O2. The summed E-state index contributed by atoms with van der Waals surface area (Å²) in [4.78, 5) is 15.1. The van der Waals surface area contributed by atoms with E-state index in [0.29, 0.717) is 19.0 Å². The lowest BCUT2D eigenvalue weighted by atomic mass is 10.1. The molecule has 2 aromatic rings. The van der Waals surface area contributed by atoms with E-state index in [4.69, 9.17) is 4.74 Å². The highest BCUT2D eigenvalue weighted by Gasteiger charge is 2.36. The summed E-state index contributed by atoms with van der Waals surface area (Å²) in [5, 5.41) is 4.60. The number of hydrogen-bond donors (Lipinski definition) is 0. The van der Waals surface area contributed by atoms with Gasteiger partial charge in [0.15, 0.2) is 0 Å². The standard InChI is InChI=1S/C20H25N3O2/c1-13-6-4-5-7-18(13)23-19(16-8-9-16)17(10-21-23)20(24)22-11-14(2)25-15(3)12-22/h4-7,10,14-16H,8-9,11-12H2,1-3H3. The zero-order chi connectivity index (χ0) is 17.6.